The molecule has 1 heterocycles. The largest absolute Gasteiger partial charge is 0.497 e. The van der Waals surface area contributed by atoms with E-state index in [-0.39, 0.29) is 5.91 Å². The highest BCUT2D eigenvalue weighted by molar-refractivity contribution is 6.35. The second kappa shape index (κ2) is 8.33. The van der Waals surface area contributed by atoms with Gasteiger partial charge in [-0.25, -0.2) is 0 Å². The molecule has 0 saturated heterocycles. The Morgan fingerprint density at radius 3 is 2.63 bits per heavy atom. The Morgan fingerprint density at radius 2 is 1.93 bits per heavy atom. The van der Waals surface area contributed by atoms with Crippen LogP contribution in [-0.2, 0) is 6.54 Å². The molecule has 0 radical (unpaired) electrons. The van der Waals surface area contributed by atoms with Gasteiger partial charge in [-0.15, -0.1) is 0 Å². The number of halogens is 2. The van der Waals surface area contributed by atoms with Crippen molar-refractivity contribution in [3.05, 3.63) is 69.8 Å². The zero-order valence-corrected chi connectivity index (χ0v) is 16.2. The number of carbonyl (C=O) groups excluding carboxylic acids is 1. The van der Waals surface area contributed by atoms with Crippen LogP contribution in [-0.4, -0.2) is 29.9 Å². The maximum Gasteiger partial charge on any atom is 0.260 e. The van der Waals surface area contributed by atoms with Crippen molar-refractivity contribution in [3.8, 4) is 11.5 Å². The van der Waals surface area contributed by atoms with Crippen molar-refractivity contribution in [2.45, 2.75) is 6.54 Å². The highest BCUT2D eigenvalue weighted by Gasteiger charge is 2.15. The lowest BCUT2D eigenvalue weighted by Gasteiger charge is -2.10. The average Bonchev–Trinajstić information content (AvgIpc) is 3.10. The fraction of sp³-hybridized carbons (Fsp3) is 0.158. The monoisotopic (exact) mass is 405 g/mol. The summed E-state index contributed by atoms with van der Waals surface area (Å²) in [5, 5.41) is 8.24. The van der Waals surface area contributed by atoms with Crippen LogP contribution in [0.3, 0.4) is 0 Å². The number of amides is 1. The van der Waals surface area contributed by atoms with Gasteiger partial charge < -0.3 is 14.8 Å². The van der Waals surface area contributed by atoms with Gasteiger partial charge in [0.05, 0.1) is 26.3 Å². The second-order valence-electron chi connectivity index (χ2n) is 5.65. The molecule has 1 amide bonds. The number of benzene rings is 2. The molecule has 0 fully saturated rings. The summed E-state index contributed by atoms with van der Waals surface area (Å²) in [6, 6.07) is 12.0. The highest BCUT2D eigenvalue weighted by Crippen LogP contribution is 2.25. The third kappa shape index (κ3) is 4.53. The molecule has 0 spiro atoms. The van der Waals surface area contributed by atoms with Gasteiger partial charge in [-0.05, 0) is 29.8 Å². The lowest BCUT2D eigenvalue weighted by molar-refractivity contribution is 0.102. The predicted molar refractivity (Wildman–Crippen MR) is 105 cm³/mol. The van der Waals surface area contributed by atoms with E-state index in [0.717, 1.165) is 5.56 Å². The minimum absolute atomic E-state index is 0.329. The van der Waals surface area contributed by atoms with Crippen LogP contribution in [0.5, 0.6) is 11.5 Å². The van der Waals surface area contributed by atoms with Crippen LogP contribution in [0.1, 0.15) is 15.9 Å². The summed E-state index contributed by atoms with van der Waals surface area (Å²) in [4.78, 5) is 12.5. The topological polar surface area (TPSA) is 65.4 Å². The van der Waals surface area contributed by atoms with Gasteiger partial charge in [0.1, 0.15) is 11.5 Å². The van der Waals surface area contributed by atoms with Gasteiger partial charge in [0.2, 0.25) is 0 Å². The zero-order valence-electron chi connectivity index (χ0n) is 14.7. The number of hydrogen-bond donors (Lipinski definition) is 1. The maximum absolute atomic E-state index is 12.5. The molecule has 0 unspecified atom stereocenters. The summed E-state index contributed by atoms with van der Waals surface area (Å²) in [6.45, 7) is 0.456. The number of methoxy groups -OCH3 is 2. The van der Waals surface area contributed by atoms with Crippen LogP contribution in [0.25, 0.3) is 0 Å². The minimum atomic E-state index is -0.329. The van der Waals surface area contributed by atoms with Crippen LogP contribution in [0.4, 0.5) is 5.82 Å². The molecule has 27 heavy (non-hydrogen) atoms. The van der Waals surface area contributed by atoms with E-state index in [4.69, 9.17) is 32.7 Å². The summed E-state index contributed by atoms with van der Waals surface area (Å²) >= 11 is 12.1. The van der Waals surface area contributed by atoms with E-state index in [1.165, 1.54) is 7.11 Å². The predicted octanol–water partition coefficient (Wildman–Crippen LogP) is 4.51. The third-order valence-electron chi connectivity index (χ3n) is 3.88. The molecule has 6 nitrogen and oxygen atoms in total. The first-order valence-electron chi connectivity index (χ1n) is 8.01. The Bertz CT molecular complexity index is 973. The van der Waals surface area contributed by atoms with Crippen LogP contribution in [0.15, 0.2) is 48.7 Å². The minimum Gasteiger partial charge on any atom is -0.497 e. The number of aromatic nitrogens is 2. The second-order valence-corrected chi connectivity index (χ2v) is 6.50. The lowest BCUT2D eigenvalue weighted by Crippen LogP contribution is -2.14. The number of rotatable bonds is 6. The molecule has 1 aromatic heterocycles. The van der Waals surface area contributed by atoms with Gasteiger partial charge in [0, 0.05) is 28.4 Å². The van der Waals surface area contributed by atoms with E-state index in [2.05, 4.69) is 10.4 Å². The average molecular weight is 406 g/mol. The van der Waals surface area contributed by atoms with Crippen molar-refractivity contribution in [1.82, 2.24) is 9.78 Å². The zero-order chi connectivity index (χ0) is 19.4. The van der Waals surface area contributed by atoms with Gasteiger partial charge in [-0.1, -0.05) is 29.3 Å². The van der Waals surface area contributed by atoms with Crippen molar-refractivity contribution in [1.29, 1.82) is 0 Å². The van der Waals surface area contributed by atoms with E-state index >= 15 is 0 Å². The molecule has 0 aliphatic carbocycles. The van der Waals surface area contributed by atoms with E-state index in [0.29, 0.717) is 39.5 Å². The quantitative estimate of drug-likeness (QED) is 0.655. The summed E-state index contributed by atoms with van der Waals surface area (Å²) < 4.78 is 12.1. The number of nitrogens with zero attached hydrogens (tertiary/aromatic N) is 2. The van der Waals surface area contributed by atoms with Crippen molar-refractivity contribution in [2.75, 3.05) is 19.5 Å². The fourth-order valence-electron chi connectivity index (χ4n) is 2.51. The molecule has 0 saturated carbocycles. The number of anilines is 1. The molecule has 0 bridgehead atoms. The Balaban J connectivity index is 1.73. The van der Waals surface area contributed by atoms with Crippen LogP contribution >= 0.6 is 23.2 Å². The Labute approximate surface area is 166 Å². The van der Waals surface area contributed by atoms with Crippen molar-refractivity contribution < 1.29 is 14.3 Å². The van der Waals surface area contributed by atoms with Gasteiger partial charge in [0.15, 0.2) is 5.82 Å². The van der Waals surface area contributed by atoms with Gasteiger partial charge in [-0.3, -0.25) is 9.48 Å². The van der Waals surface area contributed by atoms with Gasteiger partial charge in [-0.2, -0.15) is 5.10 Å². The first kappa shape index (κ1) is 19.1. The molecule has 3 rings (SSSR count). The SMILES string of the molecule is COc1ccc(C(=O)Nc2ccn(Cc3ccc(Cl)cc3Cl)n2)c(OC)c1. The molecule has 140 valence electrons. The van der Waals surface area contributed by atoms with Crippen molar-refractivity contribution in [3.63, 3.8) is 0 Å². The Morgan fingerprint density at radius 1 is 1.11 bits per heavy atom. The molecule has 0 atom stereocenters. The van der Waals surface area contributed by atoms with Crippen molar-refractivity contribution in [2.24, 2.45) is 0 Å². The fourth-order valence-corrected chi connectivity index (χ4v) is 2.98. The van der Waals surface area contributed by atoms with E-state index in [1.807, 2.05) is 6.07 Å². The van der Waals surface area contributed by atoms with Crippen LogP contribution in [0.2, 0.25) is 10.0 Å². The number of ether oxygens (including phenoxy) is 2. The maximum atomic E-state index is 12.5. The Kier molecular flexibility index (Phi) is 5.88. The molecule has 0 aliphatic rings. The first-order chi connectivity index (χ1) is 13.0. The van der Waals surface area contributed by atoms with E-state index in [1.54, 1.807) is 54.4 Å². The smallest absolute Gasteiger partial charge is 0.260 e. The number of nitrogens with one attached hydrogen (secondary N) is 1. The van der Waals surface area contributed by atoms with E-state index in [9.17, 15) is 4.79 Å². The summed E-state index contributed by atoms with van der Waals surface area (Å²) in [6.07, 6.45) is 1.76. The summed E-state index contributed by atoms with van der Waals surface area (Å²) in [7, 11) is 3.05. The molecule has 0 aliphatic heterocycles. The van der Waals surface area contributed by atoms with Gasteiger partial charge >= 0.3 is 0 Å². The molecule has 1 N–H and O–H groups in total. The standard InChI is InChI=1S/C19H17Cl2N3O3/c1-26-14-5-6-15(17(10-14)27-2)19(25)22-18-7-8-24(23-18)11-12-3-4-13(20)9-16(12)21/h3-10H,11H2,1-2H3,(H,22,23,25). The third-order valence-corrected chi connectivity index (χ3v) is 4.47. The van der Waals surface area contributed by atoms with Crippen LogP contribution in [0, 0.1) is 0 Å². The number of carbonyl (C=O) groups is 1. The molecule has 8 heteroatoms. The van der Waals surface area contributed by atoms with Crippen molar-refractivity contribution >= 4 is 34.9 Å². The normalized spacial score (nSPS) is 10.5. The molecule has 2 aromatic carbocycles. The summed E-state index contributed by atoms with van der Waals surface area (Å²) in [5.41, 5.74) is 1.26. The van der Waals surface area contributed by atoms with Gasteiger partial charge in [0.25, 0.3) is 5.91 Å². The Hall–Kier alpha value is -2.70. The van der Waals surface area contributed by atoms with Crippen LogP contribution < -0.4 is 14.8 Å². The summed E-state index contributed by atoms with van der Waals surface area (Å²) in [5.74, 6) is 1.11. The molecule has 3 aromatic rings. The van der Waals surface area contributed by atoms with E-state index < -0.39 is 0 Å². The first-order valence-corrected chi connectivity index (χ1v) is 8.76. The lowest BCUT2D eigenvalue weighted by atomic mass is 10.1. The molecular formula is C19H17Cl2N3O3. The molecular weight excluding hydrogens is 389 g/mol. The highest BCUT2D eigenvalue weighted by atomic mass is 35.5. The number of hydrogen-bond acceptors (Lipinski definition) is 4.